The number of allylic oxidation sites excluding steroid dienone is 2. The third-order valence-corrected chi connectivity index (χ3v) is 6.34. The summed E-state index contributed by atoms with van der Waals surface area (Å²) in [5.74, 6) is -1.95. The Balaban J connectivity index is 1.94. The molecule has 0 aromatic heterocycles. The van der Waals surface area contributed by atoms with Crippen molar-refractivity contribution in [2.75, 3.05) is 13.4 Å². The molecule has 0 unspecified atom stereocenters. The van der Waals surface area contributed by atoms with E-state index in [1.807, 2.05) is 18.2 Å². The molecule has 0 saturated heterocycles. The number of methoxy groups -OCH3 is 1. The molecule has 3 rings (SSSR count). The largest absolute Gasteiger partial charge is 0.469 e. The summed E-state index contributed by atoms with van der Waals surface area (Å²) in [5, 5.41) is 0. The second-order valence-corrected chi connectivity index (χ2v) is 8.33. The maximum Gasteiger partial charge on any atom is 0.310 e. The molecule has 5 atom stereocenters. The van der Waals surface area contributed by atoms with Crippen molar-refractivity contribution in [2.24, 2.45) is 28.0 Å². The van der Waals surface area contributed by atoms with Crippen molar-refractivity contribution >= 4 is 21.6 Å². The molecular weight excluding hydrogens is 314 g/mol. The van der Waals surface area contributed by atoms with Gasteiger partial charge in [0.2, 0.25) is 0 Å². The number of benzene rings is 1. The van der Waals surface area contributed by atoms with Gasteiger partial charge in [-0.05, 0) is 30.4 Å². The zero-order valence-corrected chi connectivity index (χ0v) is 13.9. The van der Waals surface area contributed by atoms with E-state index >= 15 is 0 Å². The fourth-order valence-electron chi connectivity index (χ4n) is 3.57. The van der Waals surface area contributed by atoms with E-state index in [0.29, 0.717) is 4.90 Å². The van der Waals surface area contributed by atoms with Crippen LogP contribution in [0.3, 0.4) is 0 Å². The van der Waals surface area contributed by atoms with Crippen molar-refractivity contribution in [3.63, 3.8) is 0 Å². The molecule has 122 valence electrons. The molecule has 2 aliphatic carbocycles. The van der Waals surface area contributed by atoms with E-state index < -0.39 is 33.4 Å². The van der Waals surface area contributed by atoms with E-state index in [0.717, 1.165) is 6.42 Å². The minimum Gasteiger partial charge on any atom is -0.469 e. The highest BCUT2D eigenvalue weighted by molar-refractivity contribution is 7.93. The summed E-state index contributed by atoms with van der Waals surface area (Å²) >= 11 is 0. The Morgan fingerprint density at radius 1 is 1.13 bits per heavy atom. The number of carbonyl (C=O) groups excluding carboxylic acids is 2. The van der Waals surface area contributed by atoms with Crippen LogP contribution in [0.4, 0.5) is 0 Å². The van der Waals surface area contributed by atoms with Gasteiger partial charge in [-0.2, -0.15) is 4.36 Å². The summed E-state index contributed by atoms with van der Waals surface area (Å²) in [4.78, 5) is 25.2. The first kappa shape index (κ1) is 15.9. The van der Waals surface area contributed by atoms with Gasteiger partial charge in [-0.1, -0.05) is 30.4 Å². The number of amides is 1. The standard InChI is InChI=1S/C17H19NO4S/c1-22-17(20)15-12-9-8-11(10-12)14(15)16(19)18-23(2,21)13-6-4-3-5-7-13/h3-9,11-12,14-15H,10H2,1-2H3/t11-,12+,14+,15+,23+/m1/s1. The lowest BCUT2D eigenvalue weighted by molar-refractivity contribution is -0.150. The first-order valence-electron chi connectivity index (χ1n) is 7.51. The maximum absolute atomic E-state index is 12.8. The predicted octanol–water partition coefficient (Wildman–Crippen LogP) is 2.28. The molecule has 2 aliphatic rings. The van der Waals surface area contributed by atoms with Crippen LogP contribution in [0.25, 0.3) is 0 Å². The van der Waals surface area contributed by atoms with Crippen LogP contribution in [0.1, 0.15) is 6.42 Å². The number of hydrogen-bond acceptors (Lipinski definition) is 4. The fraction of sp³-hybridized carbons (Fsp3) is 0.412. The molecule has 2 bridgehead atoms. The fourth-order valence-corrected chi connectivity index (χ4v) is 4.81. The summed E-state index contributed by atoms with van der Waals surface area (Å²) in [7, 11) is -1.50. The highest BCUT2D eigenvalue weighted by Gasteiger charge is 2.52. The van der Waals surface area contributed by atoms with Gasteiger partial charge in [0, 0.05) is 11.2 Å². The molecule has 23 heavy (non-hydrogen) atoms. The first-order valence-corrected chi connectivity index (χ1v) is 9.43. The van der Waals surface area contributed by atoms with Crippen molar-refractivity contribution in [3.05, 3.63) is 42.5 Å². The number of hydrogen-bond donors (Lipinski definition) is 0. The van der Waals surface area contributed by atoms with Crippen molar-refractivity contribution in [2.45, 2.75) is 11.3 Å². The van der Waals surface area contributed by atoms with Gasteiger partial charge in [0.25, 0.3) is 5.91 Å². The van der Waals surface area contributed by atoms with Gasteiger partial charge in [0.15, 0.2) is 0 Å². The van der Waals surface area contributed by atoms with Crippen LogP contribution >= 0.6 is 0 Å². The molecule has 0 heterocycles. The molecular formula is C17H19NO4S. The molecule has 5 nitrogen and oxygen atoms in total. The van der Waals surface area contributed by atoms with E-state index in [1.165, 1.54) is 13.4 Å². The van der Waals surface area contributed by atoms with Crippen LogP contribution in [0.15, 0.2) is 51.7 Å². The van der Waals surface area contributed by atoms with Gasteiger partial charge in [-0.25, -0.2) is 4.21 Å². The average Bonchev–Trinajstić information content (AvgIpc) is 3.15. The second-order valence-electron chi connectivity index (χ2n) is 6.07. The predicted molar refractivity (Wildman–Crippen MR) is 85.9 cm³/mol. The Hall–Kier alpha value is -1.95. The lowest BCUT2D eigenvalue weighted by atomic mass is 9.82. The minimum atomic E-state index is -2.82. The minimum absolute atomic E-state index is 0.0150. The Labute approximate surface area is 135 Å². The molecule has 0 spiro atoms. The Kier molecular flexibility index (Phi) is 4.10. The van der Waals surface area contributed by atoms with Gasteiger partial charge in [0.1, 0.15) is 0 Å². The lowest BCUT2D eigenvalue weighted by Gasteiger charge is -2.23. The number of carbonyl (C=O) groups is 2. The monoisotopic (exact) mass is 333 g/mol. The van der Waals surface area contributed by atoms with Crippen molar-refractivity contribution in [3.8, 4) is 0 Å². The molecule has 1 aromatic carbocycles. The zero-order valence-electron chi connectivity index (χ0n) is 13.0. The summed E-state index contributed by atoms with van der Waals surface area (Å²) in [6.45, 7) is 0. The Morgan fingerprint density at radius 3 is 2.35 bits per heavy atom. The summed E-state index contributed by atoms with van der Waals surface area (Å²) < 4.78 is 21.6. The topological polar surface area (TPSA) is 72.8 Å². The number of esters is 1. The maximum atomic E-state index is 12.8. The number of rotatable bonds is 3. The molecule has 1 saturated carbocycles. The van der Waals surface area contributed by atoms with E-state index in [9.17, 15) is 13.8 Å². The van der Waals surface area contributed by atoms with Gasteiger partial charge >= 0.3 is 5.97 Å². The summed E-state index contributed by atoms with van der Waals surface area (Å²) in [6, 6.07) is 8.72. The molecule has 1 aromatic rings. The molecule has 6 heteroatoms. The van der Waals surface area contributed by atoms with E-state index in [4.69, 9.17) is 4.74 Å². The third-order valence-electron chi connectivity index (χ3n) is 4.66. The van der Waals surface area contributed by atoms with E-state index in [-0.39, 0.29) is 11.8 Å². The molecule has 1 fully saturated rings. The highest BCUT2D eigenvalue weighted by Crippen LogP contribution is 2.49. The normalized spacial score (nSPS) is 30.7. The average molecular weight is 333 g/mol. The van der Waals surface area contributed by atoms with Crippen molar-refractivity contribution in [1.82, 2.24) is 0 Å². The first-order chi connectivity index (χ1) is 10.9. The quantitative estimate of drug-likeness (QED) is 0.628. The van der Waals surface area contributed by atoms with E-state index in [2.05, 4.69) is 4.36 Å². The number of ether oxygens (including phenoxy) is 1. The van der Waals surface area contributed by atoms with Gasteiger partial charge < -0.3 is 4.74 Å². The van der Waals surface area contributed by atoms with Crippen LogP contribution in [0.5, 0.6) is 0 Å². The van der Waals surface area contributed by atoms with Crippen LogP contribution in [0.2, 0.25) is 0 Å². The Morgan fingerprint density at radius 2 is 1.74 bits per heavy atom. The van der Waals surface area contributed by atoms with E-state index in [1.54, 1.807) is 24.3 Å². The van der Waals surface area contributed by atoms with Crippen LogP contribution in [0, 0.1) is 23.7 Å². The SMILES string of the molecule is COC(=O)[C@@H]1[C@@H](C(=O)N=[S@@](C)(=O)c2ccccc2)[C@@H]2C=C[C@H]1C2. The summed E-state index contributed by atoms with van der Waals surface area (Å²) in [5.41, 5.74) is 0. The van der Waals surface area contributed by atoms with Crippen molar-refractivity contribution < 1.29 is 18.5 Å². The molecule has 0 aliphatic heterocycles. The van der Waals surface area contributed by atoms with Crippen molar-refractivity contribution in [1.29, 1.82) is 0 Å². The number of fused-ring (bicyclic) bond motifs is 2. The highest BCUT2D eigenvalue weighted by atomic mass is 32.2. The van der Waals surface area contributed by atoms with Crippen LogP contribution < -0.4 is 0 Å². The van der Waals surface area contributed by atoms with Gasteiger partial charge in [0.05, 0.1) is 28.7 Å². The zero-order chi connectivity index (χ0) is 16.6. The molecule has 0 radical (unpaired) electrons. The number of nitrogens with zero attached hydrogens (tertiary/aromatic N) is 1. The molecule has 0 N–H and O–H groups in total. The summed E-state index contributed by atoms with van der Waals surface area (Å²) in [6.07, 6.45) is 6.14. The van der Waals surface area contributed by atoms with Crippen LogP contribution in [-0.4, -0.2) is 29.5 Å². The second kappa shape index (κ2) is 5.92. The lowest BCUT2D eigenvalue weighted by Crippen LogP contribution is -2.33. The third kappa shape index (κ3) is 2.83. The Bertz CT molecular complexity index is 777. The molecule has 1 amide bonds. The van der Waals surface area contributed by atoms with Gasteiger partial charge in [-0.15, -0.1) is 0 Å². The van der Waals surface area contributed by atoms with Gasteiger partial charge in [-0.3, -0.25) is 9.59 Å². The smallest absolute Gasteiger partial charge is 0.310 e. The van der Waals surface area contributed by atoms with Crippen LogP contribution in [-0.2, 0) is 24.1 Å².